The smallest absolute Gasteiger partial charge is 0.248 e. The molecule has 0 saturated carbocycles. The fourth-order valence-electron chi connectivity index (χ4n) is 2.32. The SMILES string of the molecule is Cc1cccc(NC(=O)Cn2nnc(-c3ccccc3N)n2)c1C. The van der Waals surface area contributed by atoms with Gasteiger partial charge in [-0.05, 0) is 48.4 Å². The van der Waals surface area contributed by atoms with Crippen LogP contribution in [0.4, 0.5) is 11.4 Å². The van der Waals surface area contributed by atoms with Crippen molar-refractivity contribution in [3.05, 3.63) is 53.6 Å². The normalized spacial score (nSPS) is 10.6. The summed E-state index contributed by atoms with van der Waals surface area (Å²) in [5, 5.41) is 15.0. The number of aryl methyl sites for hydroxylation is 1. The largest absolute Gasteiger partial charge is 0.398 e. The second-order valence-corrected chi connectivity index (χ2v) is 5.53. The zero-order valence-electron chi connectivity index (χ0n) is 13.5. The topological polar surface area (TPSA) is 98.7 Å². The number of nitrogen functional groups attached to an aromatic ring is 1. The van der Waals surface area contributed by atoms with Crippen LogP contribution in [-0.4, -0.2) is 26.1 Å². The van der Waals surface area contributed by atoms with Gasteiger partial charge in [0.2, 0.25) is 11.7 Å². The number of tetrazole rings is 1. The van der Waals surface area contributed by atoms with Gasteiger partial charge in [-0.15, -0.1) is 10.2 Å². The summed E-state index contributed by atoms with van der Waals surface area (Å²) >= 11 is 0. The van der Waals surface area contributed by atoms with Crippen molar-refractivity contribution >= 4 is 17.3 Å². The maximum atomic E-state index is 12.2. The Hall–Kier alpha value is -3.22. The molecule has 0 aliphatic carbocycles. The van der Waals surface area contributed by atoms with Gasteiger partial charge in [0.15, 0.2) is 0 Å². The molecular formula is C17H18N6O. The fraction of sp³-hybridized carbons (Fsp3) is 0.176. The van der Waals surface area contributed by atoms with Crippen molar-refractivity contribution in [1.29, 1.82) is 0 Å². The first-order chi connectivity index (χ1) is 11.5. The second kappa shape index (κ2) is 6.49. The minimum atomic E-state index is -0.214. The van der Waals surface area contributed by atoms with E-state index >= 15 is 0 Å². The van der Waals surface area contributed by atoms with Crippen molar-refractivity contribution in [3.63, 3.8) is 0 Å². The number of nitrogens with two attached hydrogens (primary N) is 1. The van der Waals surface area contributed by atoms with Gasteiger partial charge < -0.3 is 11.1 Å². The average molecular weight is 322 g/mol. The lowest BCUT2D eigenvalue weighted by Crippen LogP contribution is -2.21. The highest BCUT2D eigenvalue weighted by molar-refractivity contribution is 5.91. The molecule has 3 aromatic rings. The van der Waals surface area contributed by atoms with Crippen LogP contribution in [0.3, 0.4) is 0 Å². The quantitative estimate of drug-likeness (QED) is 0.717. The Balaban J connectivity index is 1.72. The zero-order valence-corrected chi connectivity index (χ0v) is 13.5. The first-order valence-electron chi connectivity index (χ1n) is 7.53. The standard InChI is InChI=1S/C17H18N6O/c1-11-6-5-9-15(12(11)2)19-16(24)10-23-21-17(20-22-23)13-7-3-4-8-14(13)18/h3-9H,10,18H2,1-2H3,(H,19,24). The van der Waals surface area contributed by atoms with Gasteiger partial charge in [0.05, 0.1) is 0 Å². The molecule has 3 N–H and O–H groups in total. The number of benzene rings is 2. The molecule has 0 unspecified atom stereocenters. The monoisotopic (exact) mass is 322 g/mol. The van der Waals surface area contributed by atoms with Crippen LogP contribution in [0.5, 0.6) is 0 Å². The number of hydrogen-bond acceptors (Lipinski definition) is 5. The Bertz CT molecular complexity index is 886. The highest BCUT2D eigenvalue weighted by atomic mass is 16.2. The van der Waals surface area contributed by atoms with Gasteiger partial charge in [-0.1, -0.05) is 24.3 Å². The molecule has 1 aromatic heterocycles. The number of nitrogens with one attached hydrogen (secondary N) is 1. The highest BCUT2D eigenvalue weighted by Crippen LogP contribution is 2.21. The summed E-state index contributed by atoms with van der Waals surface area (Å²) in [6.07, 6.45) is 0. The minimum Gasteiger partial charge on any atom is -0.398 e. The average Bonchev–Trinajstić information content (AvgIpc) is 3.00. The summed E-state index contributed by atoms with van der Waals surface area (Å²) in [5.74, 6) is 0.182. The molecule has 24 heavy (non-hydrogen) atoms. The van der Waals surface area contributed by atoms with Gasteiger partial charge in [-0.25, -0.2) is 0 Å². The summed E-state index contributed by atoms with van der Waals surface area (Å²) in [6, 6.07) is 13.0. The Morgan fingerprint density at radius 3 is 2.75 bits per heavy atom. The van der Waals surface area contributed by atoms with E-state index < -0.39 is 0 Å². The third-order valence-corrected chi connectivity index (χ3v) is 3.82. The lowest BCUT2D eigenvalue weighted by molar-refractivity contribution is -0.117. The third-order valence-electron chi connectivity index (χ3n) is 3.82. The molecule has 7 nitrogen and oxygen atoms in total. The predicted octanol–water partition coefficient (Wildman–Crippen LogP) is 2.18. The van der Waals surface area contributed by atoms with Crippen molar-refractivity contribution in [2.45, 2.75) is 20.4 Å². The van der Waals surface area contributed by atoms with E-state index in [1.165, 1.54) is 4.80 Å². The Morgan fingerprint density at radius 1 is 1.17 bits per heavy atom. The summed E-state index contributed by atoms with van der Waals surface area (Å²) in [6.45, 7) is 3.95. The van der Waals surface area contributed by atoms with E-state index in [1.807, 2.05) is 50.2 Å². The Morgan fingerprint density at radius 2 is 1.96 bits per heavy atom. The number of hydrogen-bond donors (Lipinski definition) is 2. The number of aromatic nitrogens is 4. The van der Waals surface area contributed by atoms with E-state index in [4.69, 9.17) is 5.73 Å². The van der Waals surface area contributed by atoms with Crippen LogP contribution < -0.4 is 11.1 Å². The van der Waals surface area contributed by atoms with Crippen molar-refractivity contribution in [2.24, 2.45) is 0 Å². The minimum absolute atomic E-state index is 0.0207. The first-order valence-corrected chi connectivity index (χ1v) is 7.53. The van der Waals surface area contributed by atoms with Gasteiger partial charge in [-0.3, -0.25) is 4.79 Å². The Labute approximate surface area is 139 Å². The molecule has 0 aliphatic rings. The summed E-state index contributed by atoms with van der Waals surface area (Å²) in [5.41, 5.74) is 10.1. The number of amides is 1. The lowest BCUT2D eigenvalue weighted by Gasteiger charge is -2.09. The van der Waals surface area contributed by atoms with Crippen LogP contribution in [-0.2, 0) is 11.3 Å². The van der Waals surface area contributed by atoms with Gasteiger partial charge in [0.1, 0.15) is 6.54 Å². The van der Waals surface area contributed by atoms with Crippen molar-refractivity contribution in [3.8, 4) is 11.4 Å². The molecular weight excluding hydrogens is 304 g/mol. The maximum Gasteiger partial charge on any atom is 0.248 e. The number of carbonyl (C=O) groups excluding carboxylic acids is 1. The Kier molecular flexibility index (Phi) is 4.24. The van der Waals surface area contributed by atoms with Crippen LogP contribution in [0.1, 0.15) is 11.1 Å². The molecule has 0 radical (unpaired) electrons. The van der Waals surface area contributed by atoms with E-state index in [9.17, 15) is 4.79 Å². The molecule has 1 heterocycles. The van der Waals surface area contributed by atoms with Crippen LogP contribution in [0.2, 0.25) is 0 Å². The van der Waals surface area contributed by atoms with E-state index in [0.717, 1.165) is 16.8 Å². The molecule has 7 heteroatoms. The predicted molar refractivity (Wildman–Crippen MR) is 92.2 cm³/mol. The molecule has 0 atom stereocenters. The number of para-hydroxylation sites is 1. The second-order valence-electron chi connectivity index (χ2n) is 5.53. The maximum absolute atomic E-state index is 12.2. The molecule has 0 fully saturated rings. The van der Waals surface area contributed by atoms with Crippen LogP contribution in [0.15, 0.2) is 42.5 Å². The van der Waals surface area contributed by atoms with Crippen molar-refractivity contribution in [2.75, 3.05) is 11.1 Å². The highest BCUT2D eigenvalue weighted by Gasteiger charge is 2.12. The van der Waals surface area contributed by atoms with Gasteiger partial charge in [0, 0.05) is 16.9 Å². The van der Waals surface area contributed by atoms with E-state index in [-0.39, 0.29) is 12.5 Å². The van der Waals surface area contributed by atoms with E-state index in [2.05, 4.69) is 20.7 Å². The van der Waals surface area contributed by atoms with Gasteiger partial charge >= 0.3 is 0 Å². The molecule has 0 saturated heterocycles. The van der Waals surface area contributed by atoms with Crippen LogP contribution >= 0.6 is 0 Å². The van der Waals surface area contributed by atoms with E-state index in [1.54, 1.807) is 6.07 Å². The number of nitrogens with zero attached hydrogens (tertiary/aromatic N) is 4. The fourth-order valence-corrected chi connectivity index (χ4v) is 2.32. The molecule has 0 bridgehead atoms. The van der Waals surface area contributed by atoms with Crippen LogP contribution in [0.25, 0.3) is 11.4 Å². The van der Waals surface area contributed by atoms with Gasteiger partial charge in [-0.2, -0.15) is 4.80 Å². The summed E-state index contributed by atoms with van der Waals surface area (Å²) in [7, 11) is 0. The zero-order chi connectivity index (χ0) is 17.1. The van der Waals surface area contributed by atoms with Crippen LogP contribution in [0, 0.1) is 13.8 Å². The number of carbonyl (C=O) groups is 1. The van der Waals surface area contributed by atoms with Crippen molar-refractivity contribution in [1.82, 2.24) is 20.2 Å². The lowest BCUT2D eigenvalue weighted by atomic mass is 10.1. The molecule has 2 aromatic carbocycles. The number of anilines is 2. The molecule has 122 valence electrons. The summed E-state index contributed by atoms with van der Waals surface area (Å²) in [4.78, 5) is 13.4. The van der Waals surface area contributed by atoms with Crippen molar-refractivity contribution < 1.29 is 4.79 Å². The molecule has 0 aliphatic heterocycles. The molecule has 1 amide bonds. The third kappa shape index (κ3) is 3.24. The first kappa shape index (κ1) is 15.7. The summed E-state index contributed by atoms with van der Waals surface area (Å²) < 4.78 is 0. The van der Waals surface area contributed by atoms with Gasteiger partial charge in [0.25, 0.3) is 0 Å². The molecule has 0 spiro atoms. The van der Waals surface area contributed by atoms with E-state index in [0.29, 0.717) is 17.1 Å². The number of rotatable bonds is 4. The molecule has 3 rings (SSSR count).